The van der Waals surface area contributed by atoms with Crippen LogP contribution in [0.25, 0.3) is 0 Å². The molecular formula is C20H23ClN4O2. The van der Waals surface area contributed by atoms with E-state index < -0.39 is 5.56 Å². The zero-order chi connectivity index (χ0) is 19.6. The highest BCUT2D eigenvalue weighted by Gasteiger charge is 2.23. The number of hydrogen-bond donors (Lipinski definition) is 1. The van der Waals surface area contributed by atoms with Gasteiger partial charge in [0.1, 0.15) is 11.6 Å². The molecule has 0 saturated carbocycles. The Morgan fingerprint density at radius 3 is 2.48 bits per heavy atom. The molecule has 1 aromatic heterocycles. The van der Waals surface area contributed by atoms with Crippen LogP contribution in [0.2, 0.25) is 5.02 Å². The molecule has 0 bridgehead atoms. The van der Waals surface area contributed by atoms with Crippen LogP contribution in [-0.2, 0) is 13.1 Å². The maximum absolute atomic E-state index is 12.8. The summed E-state index contributed by atoms with van der Waals surface area (Å²) in [5.74, 6) is -0.0876. The fraction of sp³-hybridized carbons (Fsp3) is 0.400. The molecular weight excluding hydrogens is 364 g/mol. The van der Waals surface area contributed by atoms with E-state index in [1.807, 2.05) is 18.2 Å². The van der Waals surface area contributed by atoms with Crippen LogP contribution < -0.4 is 5.56 Å². The molecule has 0 unspecified atom stereocenters. The Hall–Kier alpha value is -2.33. The Morgan fingerprint density at radius 2 is 1.85 bits per heavy atom. The Balaban J connectivity index is 2.02. The van der Waals surface area contributed by atoms with Crippen LogP contribution in [0.15, 0.2) is 29.1 Å². The summed E-state index contributed by atoms with van der Waals surface area (Å²) in [5, 5.41) is 20.9. The van der Waals surface area contributed by atoms with Crippen LogP contribution in [0, 0.1) is 18.3 Å². The number of rotatable bonds is 4. The minimum atomic E-state index is -0.491. The Labute approximate surface area is 163 Å². The quantitative estimate of drug-likeness (QED) is 0.871. The third kappa shape index (κ3) is 4.01. The zero-order valence-corrected chi connectivity index (χ0v) is 16.3. The smallest absolute Gasteiger partial charge is 0.271 e. The van der Waals surface area contributed by atoms with E-state index in [9.17, 15) is 15.2 Å². The summed E-state index contributed by atoms with van der Waals surface area (Å²) in [6.07, 6.45) is 0. The monoisotopic (exact) mass is 386 g/mol. The second kappa shape index (κ2) is 8.13. The highest BCUT2D eigenvalue weighted by molar-refractivity contribution is 6.31. The lowest BCUT2D eigenvalue weighted by molar-refractivity contribution is 0.146. The van der Waals surface area contributed by atoms with E-state index in [1.165, 1.54) is 4.57 Å². The second-order valence-electron chi connectivity index (χ2n) is 6.98. The molecule has 0 spiro atoms. The molecule has 2 heterocycles. The first-order valence-electron chi connectivity index (χ1n) is 8.92. The van der Waals surface area contributed by atoms with Crippen molar-refractivity contribution in [3.8, 4) is 11.9 Å². The first-order chi connectivity index (χ1) is 12.9. The number of pyridine rings is 1. The van der Waals surface area contributed by atoms with Gasteiger partial charge >= 0.3 is 0 Å². The molecule has 1 saturated heterocycles. The molecule has 142 valence electrons. The van der Waals surface area contributed by atoms with Gasteiger partial charge in [0.25, 0.3) is 5.56 Å². The van der Waals surface area contributed by atoms with Crippen molar-refractivity contribution in [1.29, 1.82) is 5.26 Å². The summed E-state index contributed by atoms with van der Waals surface area (Å²) in [6.45, 7) is 6.00. The summed E-state index contributed by atoms with van der Waals surface area (Å²) in [5.41, 5.74) is 1.48. The van der Waals surface area contributed by atoms with E-state index in [1.54, 1.807) is 19.1 Å². The van der Waals surface area contributed by atoms with Crippen molar-refractivity contribution in [1.82, 2.24) is 14.4 Å². The topological polar surface area (TPSA) is 72.5 Å². The summed E-state index contributed by atoms with van der Waals surface area (Å²) in [4.78, 5) is 17.2. The van der Waals surface area contributed by atoms with Gasteiger partial charge < -0.3 is 10.0 Å². The van der Waals surface area contributed by atoms with Gasteiger partial charge in [-0.3, -0.25) is 14.3 Å². The molecule has 3 rings (SSSR count). The summed E-state index contributed by atoms with van der Waals surface area (Å²) in [7, 11) is 2.08. The molecule has 1 fully saturated rings. The van der Waals surface area contributed by atoms with Crippen molar-refractivity contribution in [2.45, 2.75) is 20.0 Å². The Kier molecular flexibility index (Phi) is 5.85. The normalized spacial score (nSPS) is 15.6. The predicted molar refractivity (Wildman–Crippen MR) is 105 cm³/mol. The number of halogens is 1. The van der Waals surface area contributed by atoms with Gasteiger partial charge in [0.2, 0.25) is 0 Å². The lowest BCUT2D eigenvalue weighted by Gasteiger charge is -2.33. The molecule has 7 heteroatoms. The number of aromatic hydroxyl groups is 1. The van der Waals surface area contributed by atoms with Crippen LogP contribution in [0.1, 0.15) is 22.3 Å². The van der Waals surface area contributed by atoms with Crippen LogP contribution in [-0.4, -0.2) is 52.7 Å². The maximum Gasteiger partial charge on any atom is 0.271 e. The van der Waals surface area contributed by atoms with E-state index in [2.05, 4.69) is 16.8 Å². The molecule has 0 radical (unpaired) electrons. The van der Waals surface area contributed by atoms with Crippen molar-refractivity contribution < 1.29 is 5.11 Å². The summed E-state index contributed by atoms with van der Waals surface area (Å²) in [6, 6.07) is 9.19. The van der Waals surface area contributed by atoms with Crippen molar-refractivity contribution in [2.75, 3.05) is 33.2 Å². The molecule has 27 heavy (non-hydrogen) atoms. The average Bonchev–Trinajstić information content (AvgIpc) is 2.65. The van der Waals surface area contributed by atoms with Crippen LogP contribution >= 0.6 is 11.6 Å². The maximum atomic E-state index is 12.8. The minimum Gasteiger partial charge on any atom is -0.494 e. The van der Waals surface area contributed by atoms with Gasteiger partial charge in [-0.15, -0.1) is 0 Å². The number of aromatic nitrogens is 1. The van der Waals surface area contributed by atoms with Gasteiger partial charge in [-0.1, -0.05) is 29.8 Å². The number of benzene rings is 1. The van der Waals surface area contributed by atoms with E-state index >= 15 is 0 Å². The van der Waals surface area contributed by atoms with E-state index in [0.717, 1.165) is 31.7 Å². The van der Waals surface area contributed by atoms with Gasteiger partial charge in [-0.05, 0) is 31.2 Å². The average molecular weight is 387 g/mol. The van der Waals surface area contributed by atoms with Crippen molar-refractivity contribution in [3.63, 3.8) is 0 Å². The summed E-state index contributed by atoms with van der Waals surface area (Å²) < 4.78 is 1.25. The van der Waals surface area contributed by atoms with Crippen LogP contribution in [0.5, 0.6) is 5.88 Å². The van der Waals surface area contributed by atoms with Crippen LogP contribution in [0.4, 0.5) is 0 Å². The number of hydrogen-bond acceptors (Lipinski definition) is 5. The fourth-order valence-electron chi connectivity index (χ4n) is 3.37. The lowest BCUT2D eigenvalue weighted by atomic mass is 10.0. The molecule has 1 aromatic carbocycles. The van der Waals surface area contributed by atoms with Crippen LogP contribution in [0.3, 0.4) is 0 Å². The molecule has 6 nitrogen and oxygen atoms in total. The third-order valence-corrected chi connectivity index (χ3v) is 5.56. The Bertz CT molecular complexity index is 940. The third-order valence-electron chi connectivity index (χ3n) is 5.19. The molecule has 2 aromatic rings. The lowest BCUT2D eigenvalue weighted by Crippen LogP contribution is -2.44. The van der Waals surface area contributed by atoms with Crippen molar-refractivity contribution in [2.24, 2.45) is 0 Å². The molecule has 0 amide bonds. The van der Waals surface area contributed by atoms with E-state index in [-0.39, 0.29) is 18.0 Å². The number of nitrogens with zero attached hydrogens (tertiary/aromatic N) is 4. The number of nitriles is 1. The van der Waals surface area contributed by atoms with Gasteiger partial charge in [0, 0.05) is 43.3 Å². The van der Waals surface area contributed by atoms with E-state index in [0.29, 0.717) is 22.7 Å². The first-order valence-corrected chi connectivity index (χ1v) is 9.29. The predicted octanol–water partition coefficient (Wildman–Crippen LogP) is 2.18. The number of likely N-dealkylation sites (N-methyl/N-ethyl adjacent to an activating group) is 1. The molecule has 1 aliphatic rings. The molecule has 0 aliphatic carbocycles. The van der Waals surface area contributed by atoms with Crippen molar-refractivity contribution >= 4 is 11.6 Å². The van der Waals surface area contributed by atoms with Crippen molar-refractivity contribution in [3.05, 3.63) is 61.9 Å². The Morgan fingerprint density at radius 1 is 1.19 bits per heavy atom. The van der Waals surface area contributed by atoms with Gasteiger partial charge in [-0.25, -0.2) is 0 Å². The highest BCUT2D eigenvalue weighted by Crippen LogP contribution is 2.26. The SMILES string of the molecule is Cc1c(CN2CCN(C)CC2)c(O)n(Cc2ccccc2Cl)c(=O)c1C#N. The van der Waals surface area contributed by atoms with Gasteiger partial charge in [0.05, 0.1) is 6.54 Å². The largest absolute Gasteiger partial charge is 0.494 e. The molecule has 1 N–H and O–H groups in total. The first kappa shape index (κ1) is 19.4. The fourth-order valence-corrected chi connectivity index (χ4v) is 3.56. The highest BCUT2D eigenvalue weighted by atomic mass is 35.5. The second-order valence-corrected chi connectivity index (χ2v) is 7.38. The number of piperazine rings is 1. The van der Waals surface area contributed by atoms with E-state index in [4.69, 9.17) is 11.6 Å². The zero-order valence-electron chi connectivity index (χ0n) is 15.6. The molecule has 0 atom stereocenters. The van der Waals surface area contributed by atoms with Gasteiger partial charge in [-0.2, -0.15) is 5.26 Å². The standard InChI is InChI=1S/C20H23ClN4O2/c1-14-16(11-22)19(26)25(12-15-5-3-4-6-18(15)21)20(27)17(14)13-24-9-7-23(2)8-10-24/h3-6,27H,7-10,12-13H2,1-2H3. The molecule has 1 aliphatic heterocycles. The van der Waals surface area contributed by atoms with Gasteiger partial charge in [0.15, 0.2) is 5.88 Å². The summed E-state index contributed by atoms with van der Waals surface area (Å²) >= 11 is 6.22. The minimum absolute atomic E-state index is 0.0731.